The van der Waals surface area contributed by atoms with Crippen LogP contribution >= 0.6 is 11.6 Å². The van der Waals surface area contributed by atoms with E-state index < -0.39 is 11.0 Å². The Hall–Kier alpha value is -2.22. The molecule has 0 fully saturated rings. The summed E-state index contributed by atoms with van der Waals surface area (Å²) in [6, 6.07) is 4.04. The number of rotatable bonds is 2. The molecule has 0 aliphatic rings. The fourth-order valence-electron chi connectivity index (χ4n) is 1.09. The number of nitrogens with zero attached hydrogens (tertiary/aromatic N) is 4. The van der Waals surface area contributed by atoms with Crippen molar-refractivity contribution >= 4 is 17.3 Å². The van der Waals surface area contributed by atoms with Gasteiger partial charge < -0.3 is 9.63 Å². The van der Waals surface area contributed by atoms with Crippen molar-refractivity contribution in [2.75, 3.05) is 0 Å². The van der Waals surface area contributed by atoms with Gasteiger partial charge in [-0.2, -0.15) is 0 Å². The summed E-state index contributed by atoms with van der Waals surface area (Å²) in [4.78, 5) is 10.7. The minimum absolute atomic E-state index is 0.0988. The maximum atomic E-state index is 10.7. The third kappa shape index (κ3) is 1.65. The highest BCUT2D eigenvalue weighted by Crippen LogP contribution is 2.27. The molecule has 0 unspecified atom stereocenters. The fraction of sp³-hybridized carbons (Fsp3) is 0. The molecule has 2 rings (SSSR count). The van der Waals surface area contributed by atoms with Crippen LogP contribution in [0.4, 0.5) is 5.69 Å². The van der Waals surface area contributed by atoms with Crippen molar-refractivity contribution in [1.29, 1.82) is 0 Å². The van der Waals surface area contributed by atoms with Crippen LogP contribution in [0.15, 0.2) is 22.7 Å². The summed E-state index contributed by atoms with van der Waals surface area (Å²) >= 11 is 5.76. The Morgan fingerprint density at radius 2 is 2.25 bits per heavy atom. The van der Waals surface area contributed by atoms with Crippen molar-refractivity contribution in [3.8, 4) is 11.8 Å². The van der Waals surface area contributed by atoms with Crippen molar-refractivity contribution in [2.45, 2.75) is 0 Å². The quantitative estimate of drug-likeness (QED) is 0.416. The molecular formula is C7H3ClN4O4. The molecule has 0 amide bonds. The molecule has 0 bridgehead atoms. The Bertz CT molecular complexity index is 555. The lowest BCUT2D eigenvalue weighted by molar-refractivity contribution is -0.726. The molecule has 82 valence electrons. The Morgan fingerprint density at radius 1 is 1.50 bits per heavy atom. The van der Waals surface area contributed by atoms with Crippen molar-refractivity contribution in [2.24, 2.45) is 0 Å². The van der Waals surface area contributed by atoms with Crippen LogP contribution in [0.25, 0.3) is 5.69 Å². The van der Waals surface area contributed by atoms with Gasteiger partial charge in [-0.3, -0.25) is 10.1 Å². The minimum Gasteiger partial charge on any atom is -0.523 e. The predicted molar refractivity (Wildman–Crippen MR) is 46.9 cm³/mol. The summed E-state index contributed by atoms with van der Waals surface area (Å²) in [6.07, 6.45) is -0.914. The van der Waals surface area contributed by atoms with Crippen LogP contribution in [0.1, 0.15) is 0 Å². The monoisotopic (exact) mass is 242 g/mol. The van der Waals surface area contributed by atoms with Crippen LogP contribution < -0.4 is 9.90 Å². The van der Waals surface area contributed by atoms with Gasteiger partial charge in [0.25, 0.3) is 11.4 Å². The Morgan fingerprint density at radius 3 is 2.81 bits per heavy atom. The van der Waals surface area contributed by atoms with Gasteiger partial charge in [-0.05, 0) is 6.07 Å². The molecule has 0 N–H and O–H groups in total. The molecule has 0 atom stereocenters. The molecule has 0 aliphatic carbocycles. The predicted octanol–water partition coefficient (Wildman–Crippen LogP) is -0.0185. The van der Waals surface area contributed by atoms with Gasteiger partial charge >= 0.3 is 0 Å². The van der Waals surface area contributed by atoms with Gasteiger partial charge in [-0.15, -0.1) is 0 Å². The Balaban J connectivity index is 2.58. The highest BCUT2D eigenvalue weighted by molar-refractivity contribution is 6.34. The summed E-state index contributed by atoms with van der Waals surface area (Å²) in [6.45, 7) is 0. The SMILES string of the molecule is O=[N+]([O-])c1cccc(-[n+]2noc([O-])n2)c1Cl. The third-order valence-corrected chi connectivity index (χ3v) is 2.13. The molecule has 0 saturated heterocycles. The van der Waals surface area contributed by atoms with Crippen LogP contribution in [0.3, 0.4) is 0 Å². The zero-order valence-corrected chi connectivity index (χ0v) is 8.29. The van der Waals surface area contributed by atoms with Crippen molar-refractivity contribution in [3.05, 3.63) is 33.3 Å². The lowest BCUT2D eigenvalue weighted by Crippen LogP contribution is -2.36. The topological polar surface area (TPSA) is 109 Å². The van der Waals surface area contributed by atoms with Crippen LogP contribution in [-0.2, 0) is 0 Å². The normalized spacial score (nSPS) is 10.3. The van der Waals surface area contributed by atoms with Crippen molar-refractivity contribution in [3.63, 3.8) is 0 Å². The van der Waals surface area contributed by atoms with Crippen molar-refractivity contribution in [1.82, 2.24) is 10.4 Å². The van der Waals surface area contributed by atoms with E-state index in [0.29, 0.717) is 0 Å². The largest absolute Gasteiger partial charge is 0.523 e. The molecular weight excluding hydrogens is 240 g/mol. The third-order valence-electron chi connectivity index (χ3n) is 1.74. The Labute approximate surface area is 92.8 Å². The lowest BCUT2D eigenvalue weighted by Gasteiger charge is -1.93. The van der Waals surface area contributed by atoms with E-state index in [0.717, 1.165) is 4.80 Å². The van der Waals surface area contributed by atoms with E-state index in [1.807, 2.05) is 0 Å². The van der Waals surface area contributed by atoms with Gasteiger partial charge in [0.05, 0.1) is 14.8 Å². The average molecular weight is 243 g/mol. The second-order valence-electron chi connectivity index (χ2n) is 2.70. The zero-order valence-electron chi connectivity index (χ0n) is 7.53. The first-order valence-electron chi connectivity index (χ1n) is 3.96. The van der Waals surface area contributed by atoms with E-state index in [-0.39, 0.29) is 16.4 Å². The van der Waals surface area contributed by atoms with E-state index >= 15 is 0 Å². The number of hydrogen-bond acceptors (Lipinski definition) is 6. The molecule has 2 aromatic rings. The summed E-state index contributed by atoms with van der Waals surface area (Å²) in [5.74, 6) is 0. The molecule has 0 saturated carbocycles. The van der Waals surface area contributed by atoms with Gasteiger partial charge in [0.1, 0.15) is 5.27 Å². The maximum absolute atomic E-state index is 10.7. The molecule has 9 heteroatoms. The van der Waals surface area contributed by atoms with Crippen molar-refractivity contribution < 1.29 is 19.3 Å². The summed E-state index contributed by atoms with van der Waals surface area (Å²) < 4.78 is 4.19. The van der Waals surface area contributed by atoms with Crippen LogP contribution in [0.2, 0.25) is 5.02 Å². The smallest absolute Gasteiger partial charge is 0.295 e. The first-order chi connectivity index (χ1) is 7.59. The highest BCUT2D eigenvalue weighted by Gasteiger charge is 2.24. The molecule has 1 aromatic carbocycles. The van der Waals surface area contributed by atoms with E-state index in [4.69, 9.17) is 11.6 Å². The number of halogens is 1. The van der Waals surface area contributed by atoms with Crippen LogP contribution in [0.5, 0.6) is 6.08 Å². The summed E-state index contributed by atoms with van der Waals surface area (Å²) in [7, 11) is 0. The van der Waals surface area contributed by atoms with Crippen LogP contribution in [-0.4, -0.2) is 15.3 Å². The minimum atomic E-state index is -0.914. The molecule has 1 aromatic heterocycles. The molecule has 16 heavy (non-hydrogen) atoms. The van der Waals surface area contributed by atoms with E-state index in [9.17, 15) is 15.2 Å². The van der Waals surface area contributed by atoms with E-state index in [2.05, 4.69) is 14.9 Å². The Kier molecular flexibility index (Phi) is 2.41. The van der Waals surface area contributed by atoms with E-state index in [1.165, 1.54) is 18.2 Å². The fourth-order valence-corrected chi connectivity index (χ4v) is 1.36. The van der Waals surface area contributed by atoms with E-state index in [1.54, 1.807) is 0 Å². The first kappa shape index (κ1) is 10.3. The molecule has 0 radical (unpaired) electrons. The van der Waals surface area contributed by atoms with Gasteiger partial charge in [0.2, 0.25) is 6.08 Å². The van der Waals surface area contributed by atoms with Gasteiger partial charge in [-0.25, -0.2) is 0 Å². The standard InChI is InChI=1S/C7H3ClN4O4/c8-6-4(11-9-7(13)16-10-11)2-1-3-5(6)12(14)15/h1-3H. The number of nitro groups is 1. The second kappa shape index (κ2) is 3.74. The van der Waals surface area contributed by atoms with Gasteiger partial charge in [0.15, 0.2) is 5.02 Å². The molecule has 1 heterocycles. The van der Waals surface area contributed by atoms with Crippen LogP contribution in [0, 0.1) is 10.1 Å². The zero-order chi connectivity index (χ0) is 11.7. The molecule has 0 aliphatic heterocycles. The summed E-state index contributed by atoms with van der Waals surface area (Å²) in [5, 5.41) is 27.7. The van der Waals surface area contributed by atoms with Gasteiger partial charge in [-0.1, -0.05) is 11.6 Å². The van der Waals surface area contributed by atoms with Gasteiger partial charge in [0, 0.05) is 12.1 Å². The maximum Gasteiger partial charge on any atom is 0.295 e. The number of hydrogen-bond donors (Lipinski definition) is 0. The second-order valence-corrected chi connectivity index (χ2v) is 3.07. The lowest BCUT2D eigenvalue weighted by atomic mass is 10.3. The number of benzene rings is 1. The first-order valence-corrected chi connectivity index (χ1v) is 4.34. The number of nitro benzene ring substituents is 1. The molecule has 8 nitrogen and oxygen atoms in total. The average Bonchev–Trinajstić information content (AvgIpc) is 2.64. The molecule has 0 spiro atoms. The number of aromatic nitrogens is 3. The summed E-state index contributed by atoms with van der Waals surface area (Å²) in [5.41, 5.74) is -0.203. The highest BCUT2D eigenvalue weighted by atomic mass is 35.5.